The van der Waals surface area contributed by atoms with Crippen molar-refractivity contribution in [3.05, 3.63) is 23.5 Å². The number of hydrogen-bond acceptors (Lipinski definition) is 6. The summed E-state index contributed by atoms with van der Waals surface area (Å²) >= 11 is 0. The van der Waals surface area contributed by atoms with Gasteiger partial charge in [-0.25, -0.2) is 14.3 Å². The first-order valence-electron chi connectivity index (χ1n) is 7.17. The van der Waals surface area contributed by atoms with E-state index < -0.39 is 0 Å². The number of nitrogens with zero attached hydrogens (tertiary/aromatic N) is 6. The van der Waals surface area contributed by atoms with E-state index in [-0.39, 0.29) is 12.2 Å². The topological polar surface area (TPSA) is 90.9 Å². The molecule has 1 N–H and O–H groups in total. The van der Waals surface area contributed by atoms with Gasteiger partial charge >= 0.3 is 0 Å². The van der Waals surface area contributed by atoms with Crippen LogP contribution in [0, 0.1) is 13.8 Å². The minimum atomic E-state index is -0.271. The van der Waals surface area contributed by atoms with Gasteiger partial charge in [0.25, 0.3) is 0 Å². The zero-order valence-electron chi connectivity index (χ0n) is 12.3. The van der Waals surface area contributed by atoms with Crippen molar-refractivity contribution in [3.8, 4) is 0 Å². The molecule has 0 saturated carbocycles. The average molecular weight is 292 g/mol. The lowest BCUT2D eigenvalue weighted by Crippen LogP contribution is -2.32. The molecule has 3 heterocycles. The lowest BCUT2D eigenvalue weighted by atomic mass is 10.1. The molecule has 1 saturated heterocycles. The number of rotatable bonds is 4. The summed E-state index contributed by atoms with van der Waals surface area (Å²) in [7, 11) is 0. The summed E-state index contributed by atoms with van der Waals surface area (Å²) < 4.78 is 9.20. The molecule has 0 spiro atoms. The van der Waals surface area contributed by atoms with E-state index in [0.717, 1.165) is 17.3 Å². The highest BCUT2D eigenvalue weighted by Crippen LogP contribution is 2.15. The fraction of sp³-hybridized carbons (Fsp3) is 0.692. The van der Waals surface area contributed by atoms with Gasteiger partial charge in [-0.15, -0.1) is 5.10 Å². The van der Waals surface area contributed by atoms with E-state index >= 15 is 0 Å². The van der Waals surface area contributed by atoms with Gasteiger partial charge in [-0.3, -0.25) is 0 Å². The summed E-state index contributed by atoms with van der Waals surface area (Å²) in [6.07, 6.45) is 2.98. The van der Waals surface area contributed by atoms with Crippen molar-refractivity contribution >= 4 is 0 Å². The van der Waals surface area contributed by atoms with Gasteiger partial charge in [-0.2, -0.15) is 5.10 Å². The van der Waals surface area contributed by atoms with Crippen LogP contribution in [-0.4, -0.2) is 53.7 Å². The Kier molecular flexibility index (Phi) is 3.98. The third-order valence-electron chi connectivity index (χ3n) is 3.59. The Bertz CT molecular complexity index is 608. The second-order valence-corrected chi connectivity index (χ2v) is 5.47. The van der Waals surface area contributed by atoms with Crippen LogP contribution in [0.15, 0.2) is 6.20 Å². The standard InChI is InChI=1S/C13H20N6O2/c1-9-14-10(2)19(16-9)7-11-6-18(17-15-11)8-13-5-12(20)3-4-21-13/h6,12-13,20H,3-5,7-8H2,1-2H3. The largest absolute Gasteiger partial charge is 0.393 e. The first-order valence-corrected chi connectivity index (χ1v) is 7.17. The van der Waals surface area contributed by atoms with Gasteiger partial charge in [-0.1, -0.05) is 5.21 Å². The maximum atomic E-state index is 9.65. The minimum Gasteiger partial charge on any atom is -0.393 e. The Morgan fingerprint density at radius 2 is 2.29 bits per heavy atom. The Hall–Kier alpha value is -1.80. The van der Waals surface area contributed by atoms with Gasteiger partial charge in [-0.05, 0) is 20.3 Å². The molecule has 8 heteroatoms. The van der Waals surface area contributed by atoms with Crippen LogP contribution in [-0.2, 0) is 17.8 Å². The van der Waals surface area contributed by atoms with E-state index in [1.54, 1.807) is 4.68 Å². The molecule has 2 aromatic rings. The molecule has 2 aromatic heterocycles. The van der Waals surface area contributed by atoms with E-state index in [9.17, 15) is 5.11 Å². The van der Waals surface area contributed by atoms with Crippen LogP contribution in [0.25, 0.3) is 0 Å². The Morgan fingerprint density at radius 3 is 3.00 bits per heavy atom. The third kappa shape index (κ3) is 3.45. The zero-order chi connectivity index (χ0) is 14.8. The lowest BCUT2D eigenvalue weighted by molar-refractivity contribution is -0.0511. The SMILES string of the molecule is Cc1nc(C)n(Cc2cn(CC3CC(O)CCO3)nn2)n1. The lowest BCUT2D eigenvalue weighted by Gasteiger charge is -2.26. The maximum absolute atomic E-state index is 9.65. The quantitative estimate of drug-likeness (QED) is 0.858. The molecule has 21 heavy (non-hydrogen) atoms. The molecule has 0 bridgehead atoms. The maximum Gasteiger partial charge on any atom is 0.147 e. The smallest absolute Gasteiger partial charge is 0.147 e. The average Bonchev–Trinajstić information content (AvgIpc) is 2.97. The van der Waals surface area contributed by atoms with Gasteiger partial charge in [0.05, 0.1) is 31.5 Å². The number of aliphatic hydroxyl groups is 1. The van der Waals surface area contributed by atoms with Gasteiger partial charge in [0.2, 0.25) is 0 Å². The van der Waals surface area contributed by atoms with E-state index in [1.807, 2.05) is 24.7 Å². The Labute approximate surface area is 122 Å². The van der Waals surface area contributed by atoms with E-state index in [0.29, 0.717) is 32.5 Å². The molecule has 0 aliphatic carbocycles. The summed E-state index contributed by atoms with van der Waals surface area (Å²) in [6.45, 7) is 5.55. The first-order chi connectivity index (χ1) is 10.1. The van der Waals surface area contributed by atoms with Gasteiger partial charge in [0.15, 0.2) is 0 Å². The highest BCUT2D eigenvalue weighted by Gasteiger charge is 2.21. The normalized spacial score (nSPS) is 22.6. The van der Waals surface area contributed by atoms with Crippen molar-refractivity contribution < 1.29 is 9.84 Å². The van der Waals surface area contributed by atoms with E-state index in [4.69, 9.17) is 4.74 Å². The number of aryl methyl sites for hydroxylation is 2. The number of aromatic nitrogens is 6. The van der Waals surface area contributed by atoms with Crippen molar-refractivity contribution in [1.29, 1.82) is 0 Å². The van der Waals surface area contributed by atoms with Crippen LogP contribution in [0.2, 0.25) is 0 Å². The molecule has 3 rings (SSSR count). The Balaban J connectivity index is 1.62. The van der Waals surface area contributed by atoms with Crippen molar-refractivity contribution in [2.45, 2.75) is 52.0 Å². The van der Waals surface area contributed by atoms with Gasteiger partial charge in [0.1, 0.15) is 17.3 Å². The second kappa shape index (κ2) is 5.90. The fourth-order valence-corrected chi connectivity index (χ4v) is 2.56. The van der Waals surface area contributed by atoms with E-state index in [2.05, 4.69) is 20.4 Å². The molecule has 2 atom stereocenters. The molecule has 0 radical (unpaired) electrons. The first kappa shape index (κ1) is 14.2. The molecule has 114 valence electrons. The predicted octanol–water partition coefficient (Wildman–Crippen LogP) is 0.0746. The summed E-state index contributed by atoms with van der Waals surface area (Å²) in [5.41, 5.74) is 0.833. The number of hydrogen-bond donors (Lipinski definition) is 1. The van der Waals surface area contributed by atoms with Crippen LogP contribution < -0.4 is 0 Å². The second-order valence-electron chi connectivity index (χ2n) is 5.47. The molecule has 1 fully saturated rings. The molecule has 8 nitrogen and oxygen atoms in total. The highest BCUT2D eigenvalue weighted by molar-refractivity contribution is 4.97. The number of aliphatic hydroxyl groups excluding tert-OH is 1. The van der Waals surface area contributed by atoms with Crippen molar-refractivity contribution in [2.24, 2.45) is 0 Å². The molecule has 0 aromatic carbocycles. The van der Waals surface area contributed by atoms with Crippen LogP contribution in [0.3, 0.4) is 0 Å². The number of ether oxygens (including phenoxy) is 1. The van der Waals surface area contributed by atoms with Crippen LogP contribution in [0.5, 0.6) is 0 Å². The molecule has 2 unspecified atom stereocenters. The molecular weight excluding hydrogens is 272 g/mol. The van der Waals surface area contributed by atoms with Gasteiger partial charge in [0, 0.05) is 13.0 Å². The summed E-state index contributed by atoms with van der Waals surface area (Å²) in [5, 5.41) is 22.2. The van der Waals surface area contributed by atoms with Crippen LogP contribution >= 0.6 is 0 Å². The van der Waals surface area contributed by atoms with Crippen LogP contribution in [0.4, 0.5) is 0 Å². The monoisotopic (exact) mass is 292 g/mol. The van der Waals surface area contributed by atoms with Gasteiger partial charge < -0.3 is 9.84 Å². The van der Waals surface area contributed by atoms with Crippen LogP contribution in [0.1, 0.15) is 30.2 Å². The fourth-order valence-electron chi connectivity index (χ4n) is 2.56. The van der Waals surface area contributed by atoms with Crippen molar-refractivity contribution in [3.63, 3.8) is 0 Å². The van der Waals surface area contributed by atoms with Crippen molar-refractivity contribution in [1.82, 2.24) is 29.8 Å². The minimum absolute atomic E-state index is 0.00125. The zero-order valence-corrected chi connectivity index (χ0v) is 12.3. The highest BCUT2D eigenvalue weighted by atomic mass is 16.5. The predicted molar refractivity (Wildman–Crippen MR) is 73.6 cm³/mol. The summed E-state index contributed by atoms with van der Waals surface area (Å²) in [4.78, 5) is 4.27. The molecule has 1 aliphatic heterocycles. The summed E-state index contributed by atoms with van der Waals surface area (Å²) in [5.74, 6) is 1.62. The summed E-state index contributed by atoms with van der Waals surface area (Å²) in [6, 6.07) is 0. The molecular formula is C13H20N6O2. The Morgan fingerprint density at radius 1 is 1.43 bits per heavy atom. The van der Waals surface area contributed by atoms with Crippen molar-refractivity contribution in [2.75, 3.05) is 6.61 Å². The third-order valence-corrected chi connectivity index (χ3v) is 3.59. The van der Waals surface area contributed by atoms with E-state index in [1.165, 1.54) is 0 Å². The molecule has 0 amide bonds. The molecule has 1 aliphatic rings.